The van der Waals surface area contributed by atoms with Crippen molar-refractivity contribution in [3.8, 4) is 6.07 Å². The number of hydrogen-bond donors (Lipinski definition) is 1. The third-order valence-corrected chi connectivity index (χ3v) is 3.59. The molecule has 1 aliphatic rings. The minimum absolute atomic E-state index is 0.122. The highest BCUT2D eigenvalue weighted by atomic mass is 16.5. The van der Waals surface area contributed by atoms with E-state index in [9.17, 15) is 10.1 Å². The predicted octanol–water partition coefficient (Wildman–Crippen LogP) is 1.98. The first-order chi connectivity index (χ1) is 9.24. The maximum Gasteiger partial charge on any atom is 0.242 e. The summed E-state index contributed by atoms with van der Waals surface area (Å²) < 4.78 is 5.28. The average molecular weight is 258 g/mol. The fourth-order valence-electron chi connectivity index (χ4n) is 2.50. The van der Waals surface area contributed by atoms with E-state index < -0.39 is 5.92 Å². The van der Waals surface area contributed by atoms with Gasteiger partial charge in [0, 0.05) is 13.2 Å². The van der Waals surface area contributed by atoms with E-state index in [-0.39, 0.29) is 18.1 Å². The number of rotatable bonds is 4. The SMILES string of the molecule is COC1CCC(NC(=O)C(C#N)c2ccccc2)C1. The van der Waals surface area contributed by atoms with Gasteiger partial charge in [-0.25, -0.2) is 0 Å². The van der Waals surface area contributed by atoms with Gasteiger partial charge >= 0.3 is 0 Å². The molecule has 3 atom stereocenters. The van der Waals surface area contributed by atoms with Crippen LogP contribution in [0.2, 0.25) is 0 Å². The number of carbonyl (C=O) groups excluding carboxylic acids is 1. The van der Waals surface area contributed by atoms with Gasteiger partial charge in [-0.3, -0.25) is 4.79 Å². The van der Waals surface area contributed by atoms with E-state index in [0.29, 0.717) is 0 Å². The predicted molar refractivity (Wildman–Crippen MR) is 71.4 cm³/mol. The summed E-state index contributed by atoms with van der Waals surface area (Å²) in [6.45, 7) is 0. The Kier molecular flexibility index (Phi) is 4.53. The van der Waals surface area contributed by atoms with Crippen LogP contribution >= 0.6 is 0 Å². The van der Waals surface area contributed by atoms with Gasteiger partial charge in [0.1, 0.15) is 5.92 Å². The molecular weight excluding hydrogens is 240 g/mol. The Bertz CT molecular complexity index is 467. The summed E-state index contributed by atoms with van der Waals surface area (Å²) in [6, 6.07) is 11.4. The number of methoxy groups -OCH3 is 1. The van der Waals surface area contributed by atoms with Crippen LogP contribution in [0.3, 0.4) is 0 Å². The molecule has 0 spiro atoms. The van der Waals surface area contributed by atoms with Crippen LogP contribution in [0.4, 0.5) is 0 Å². The van der Waals surface area contributed by atoms with Crippen molar-refractivity contribution in [2.24, 2.45) is 0 Å². The Morgan fingerprint density at radius 3 is 2.74 bits per heavy atom. The van der Waals surface area contributed by atoms with Crippen LogP contribution in [-0.4, -0.2) is 25.2 Å². The minimum Gasteiger partial charge on any atom is -0.381 e. The molecule has 1 aromatic carbocycles. The zero-order valence-electron chi connectivity index (χ0n) is 11.0. The van der Waals surface area contributed by atoms with E-state index in [1.54, 1.807) is 19.2 Å². The lowest BCUT2D eigenvalue weighted by atomic mass is 9.99. The molecule has 1 fully saturated rings. The van der Waals surface area contributed by atoms with E-state index in [4.69, 9.17) is 4.74 Å². The van der Waals surface area contributed by atoms with E-state index in [0.717, 1.165) is 24.8 Å². The molecular formula is C15H18N2O2. The molecule has 4 nitrogen and oxygen atoms in total. The highest BCUT2D eigenvalue weighted by Crippen LogP contribution is 2.23. The van der Waals surface area contributed by atoms with Gasteiger partial charge in [0.05, 0.1) is 12.2 Å². The zero-order valence-corrected chi connectivity index (χ0v) is 11.0. The quantitative estimate of drug-likeness (QED) is 0.898. The van der Waals surface area contributed by atoms with Crippen LogP contribution in [0.15, 0.2) is 30.3 Å². The van der Waals surface area contributed by atoms with Crippen LogP contribution in [0.5, 0.6) is 0 Å². The Morgan fingerprint density at radius 2 is 2.16 bits per heavy atom. The maximum atomic E-state index is 12.2. The zero-order chi connectivity index (χ0) is 13.7. The Balaban J connectivity index is 1.97. The Labute approximate surface area is 113 Å². The summed E-state index contributed by atoms with van der Waals surface area (Å²) in [7, 11) is 1.69. The van der Waals surface area contributed by atoms with Crippen molar-refractivity contribution in [1.29, 1.82) is 5.26 Å². The van der Waals surface area contributed by atoms with Gasteiger partial charge in [0.2, 0.25) is 5.91 Å². The molecule has 0 heterocycles. The number of nitrogens with zero attached hydrogens (tertiary/aromatic N) is 1. The summed E-state index contributed by atoms with van der Waals surface area (Å²) >= 11 is 0. The minimum atomic E-state index is -0.734. The fourth-order valence-corrected chi connectivity index (χ4v) is 2.50. The summed E-state index contributed by atoms with van der Waals surface area (Å²) in [5.74, 6) is -0.946. The van der Waals surface area contributed by atoms with Crippen LogP contribution in [0.25, 0.3) is 0 Å². The first-order valence-electron chi connectivity index (χ1n) is 6.52. The van der Waals surface area contributed by atoms with Crippen molar-refractivity contribution in [3.05, 3.63) is 35.9 Å². The topological polar surface area (TPSA) is 62.1 Å². The van der Waals surface area contributed by atoms with Crippen LogP contribution in [-0.2, 0) is 9.53 Å². The molecule has 1 aromatic rings. The molecule has 4 heteroatoms. The molecule has 0 saturated heterocycles. The second-order valence-electron chi connectivity index (χ2n) is 4.85. The first-order valence-corrected chi connectivity index (χ1v) is 6.52. The van der Waals surface area contributed by atoms with Crippen LogP contribution < -0.4 is 5.32 Å². The van der Waals surface area contributed by atoms with Crippen LogP contribution in [0.1, 0.15) is 30.7 Å². The van der Waals surface area contributed by atoms with E-state index >= 15 is 0 Å². The second kappa shape index (κ2) is 6.35. The van der Waals surface area contributed by atoms with Gasteiger partial charge in [-0.15, -0.1) is 0 Å². The Morgan fingerprint density at radius 1 is 1.42 bits per heavy atom. The standard InChI is InChI=1S/C15H18N2O2/c1-19-13-8-7-12(9-13)17-15(18)14(10-16)11-5-3-2-4-6-11/h2-6,12-14H,7-9H2,1H3,(H,17,18). The molecule has 0 bridgehead atoms. The molecule has 0 aromatic heterocycles. The number of nitriles is 1. The van der Waals surface area contributed by atoms with Crippen molar-refractivity contribution in [1.82, 2.24) is 5.32 Å². The van der Waals surface area contributed by atoms with Crippen molar-refractivity contribution in [2.45, 2.75) is 37.3 Å². The number of carbonyl (C=O) groups is 1. The Hall–Kier alpha value is -1.86. The summed E-state index contributed by atoms with van der Waals surface area (Å²) in [5.41, 5.74) is 0.740. The van der Waals surface area contributed by atoms with Crippen molar-refractivity contribution < 1.29 is 9.53 Å². The third kappa shape index (κ3) is 3.33. The highest BCUT2D eigenvalue weighted by molar-refractivity contribution is 5.86. The lowest BCUT2D eigenvalue weighted by Crippen LogP contribution is -2.36. The number of nitrogens with one attached hydrogen (secondary N) is 1. The molecule has 1 amide bonds. The normalized spacial score (nSPS) is 23.6. The maximum absolute atomic E-state index is 12.2. The molecule has 1 N–H and O–H groups in total. The highest BCUT2D eigenvalue weighted by Gasteiger charge is 2.28. The lowest BCUT2D eigenvalue weighted by Gasteiger charge is -2.15. The van der Waals surface area contributed by atoms with E-state index in [2.05, 4.69) is 11.4 Å². The second-order valence-corrected chi connectivity index (χ2v) is 4.85. The molecule has 19 heavy (non-hydrogen) atoms. The van der Waals surface area contributed by atoms with Gasteiger partial charge in [-0.1, -0.05) is 30.3 Å². The van der Waals surface area contributed by atoms with E-state index in [1.165, 1.54) is 0 Å². The first kappa shape index (κ1) is 13.6. The van der Waals surface area contributed by atoms with Gasteiger partial charge in [0.15, 0.2) is 0 Å². The van der Waals surface area contributed by atoms with Crippen LogP contribution in [0, 0.1) is 11.3 Å². The molecule has 1 aliphatic carbocycles. The average Bonchev–Trinajstić information content (AvgIpc) is 2.88. The molecule has 2 rings (SSSR count). The molecule has 1 saturated carbocycles. The molecule has 0 aliphatic heterocycles. The van der Waals surface area contributed by atoms with Gasteiger partial charge < -0.3 is 10.1 Å². The molecule has 3 unspecified atom stereocenters. The fraction of sp³-hybridized carbons (Fsp3) is 0.467. The summed E-state index contributed by atoms with van der Waals surface area (Å²) in [5, 5.41) is 12.1. The van der Waals surface area contributed by atoms with Gasteiger partial charge in [0.25, 0.3) is 0 Å². The van der Waals surface area contributed by atoms with E-state index in [1.807, 2.05) is 18.2 Å². The van der Waals surface area contributed by atoms with Crippen molar-refractivity contribution in [3.63, 3.8) is 0 Å². The third-order valence-electron chi connectivity index (χ3n) is 3.59. The van der Waals surface area contributed by atoms with Gasteiger partial charge in [-0.05, 0) is 24.8 Å². The van der Waals surface area contributed by atoms with Crippen molar-refractivity contribution >= 4 is 5.91 Å². The summed E-state index contributed by atoms with van der Waals surface area (Å²) in [4.78, 5) is 12.2. The lowest BCUT2D eigenvalue weighted by molar-refractivity contribution is -0.122. The molecule has 100 valence electrons. The number of benzene rings is 1. The smallest absolute Gasteiger partial charge is 0.242 e. The van der Waals surface area contributed by atoms with Crippen molar-refractivity contribution in [2.75, 3.05) is 7.11 Å². The number of ether oxygens (including phenoxy) is 1. The van der Waals surface area contributed by atoms with Gasteiger partial charge in [-0.2, -0.15) is 5.26 Å². The molecule has 0 radical (unpaired) electrons. The monoisotopic (exact) mass is 258 g/mol. The number of hydrogen-bond acceptors (Lipinski definition) is 3. The number of amides is 1. The largest absolute Gasteiger partial charge is 0.381 e. The summed E-state index contributed by atoms with van der Waals surface area (Å²) in [6.07, 6.45) is 2.93.